The first-order chi connectivity index (χ1) is 6.27. The Kier molecular flexibility index (Phi) is 2.02. The number of oxazole rings is 1. The molecule has 1 aromatic heterocycles. The Morgan fingerprint density at radius 1 is 1.23 bits per heavy atom. The molecule has 1 N–H and O–H groups in total. The van der Waals surface area contributed by atoms with Gasteiger partial charge in [0.15, 0.2) is 0 Å². The van der Waals surface area contributed by atoms with Crippen LogP contribution in [0.25, 0.3) is 11.3 Å². The Labute approximate surface area is 81.2 Å². The molecular weight excluding hydrogens is 182 g/mol. The number of aromatic nitrogens is 1. The maximum absolute atomic E-state index is 5.23. The van der Waals surface area contributed by atoms with E-state index in [4.69, 9.17) is 16.6 Å². The van der Waals surface area contributed by atoms with Crippen molar-refractivity contribution >= 4 is 12.2 Å². The molecule has 0 atom stereocenters. The van der Waals surface area contributed by atoms with Crippen molar-refractivity contribution in [1.82, 2.24) is 4.98 Å². The van der Waals surface area contributed by atoms with Crippen molar-refractivity contribution < 1.29 is 4.42 Å². The van der Waals surface area contributed by atoms with Crippen LogP contribution < -0.4 is 0 Å². The second-order valence-electron chi connectivity index (χ2n) is 2.81. The summed E-state index contributed by atoms with van der Waals surface area (Å²) in [5.41, 5.74) is 2.06. The highest BCUT2D eigenvalue weighted by atomic mass is 32.1. The van der Waals surface area contributed by atoms with Crippen LogP contribution in [0.5, 0.6) is 0 Å². The number of aromatic amines is 1. The van der Waals surface area contributed by atoms with E-state index in [1.54, 1.807) is 0 Å². The van der Waals surface area contributed by atoms with Gasteiger partial charge in [-0.15, -0.1) is 0 Å². The Bertz CT molecular complexity index is 455. The summed E-state index contributed by atoms with van der Waals surface area (Å²) >= 11 is 4.90. The molecule has 3 heteroatoms. The molecule has 0 saturated carbocycles. The van der Waals surface area contributed by atoms with Gasteiger partial charge in [0.25, 0.3) is 4.84 Å². The van der Waals surface area contributed by atoms with E-state index in [-0.39, 0.29) is 0 Å². The lowest BCUT2D eigenvalue weighted by atomic mass is 10.1. The highest BCUT2D eigenvalue weighted by Crippen LogP contribution is 2.21. The molecule has 0 fully saturated rings. The van der Waals surface area contributed by atoms with Crippen LogP contribution in [-0.2, 0) is 0 Å². The molecule has 0 amide bonds. The van der Waals surface area contributed by atoms with Crippen LogP contribution in [0.3, 0.4) is 0 Å². The summed E-state index contributed by atoms with van der Waals surface area (Å²) < 4.78 is 5.23. The smallest absolute Gasteiger partial charge is 0.266 e. The molecule has 66 valence electrons. The molecule has 0 radical (unpaired) electrons. The number of rotatable bonds is 1. The van der Waals surface area contributed by atoms with E-state index in [0.717, 1.165) is 17.0 Å². The maximum atomic E-state index is 5.23. The van der Waals surface area contributed by atoms with E-state index in [1.165, 1.54) is 0 Å². The van der Waals surface area contributed by atoms with Gasteiger partial charge in [-0.3, -0.25) is 0 Å². The maximum Gasteiger partial charge on any atom is 0.266 e. The first-order valence-electron chi connectivity index (χ1n) is 4.02. The second-order valence-corrected chi connectivity index (χ2v) is 3.18. The predicted molar refractivity (Wildman–Crippen MR) is 54.1 cm³/mol. The van der Waals surface area contributed by atoms with Gasteiger partial charge in [-0.2, -0.15) is 0 Å². The van der Waals surface area contributed by atoms with Gasteiger partial charge in [0, 0.05) is 5.56 Å². The van der Waals surface area contributed by atoms with Crippen molar-refractivity contribution in [3.63, 3.8) is 0 Å². The Morgan fingerprint density at radius 2 is 1.92 bits per heavy atom. The molecule has 2 nitrogen and oxygen atoms in total. The number of hydrogen-bond donors (Lipinski definition) is 1. The summed E-state index contributed by atoms with van der Waals surface area (Å²) in [5.74, 6) is 0.830. The Balaban J connectivity index is 2.59. The molecule has 0 aliphatic carbocycles. The minimum Gasteiger partial charge on any atom is -0.434 e. The lowest BCUT2D eigenvalue weighted by molar-refractivity contribution is 0.512. The van der Waals surface area contributed by atoms with E-state index in [2.05, 4.69) is 4.98 Å². The first kappa shape index (κ1) is 8.26. The van der Waals surface area contributed by atoms with Crippen molar-refractivity contribution in [2.24, 2.45) is 0 Å². The van der Waals surface area contributed by atoms with Crippen molar-refractivity contribution in [3.05, 3.63) is 40.9 Å². The summed E-state index contributed by atoms with van der Waals surface area (Å²) in [5, 5.41) is 0. The highest BCUT2D eigenvalue weighted by molar-refractivity contribution is 7.71. The van der Waals surface area contributed by atoms with Gasteiger partial charge in [-0.25, -0.2) is 0 Å². The summed E-state index contributed by atoms with van der Waals surface area (Å²) in [6.45, 7) is 1.90. The highest BCUT2D eigenvalue weighted by Gasteiger charge is 2.04. The number of benzene rings is 1. The van der Waals surface area contributed by atoms with Gasteiger partial charge >= 0.3 is 0 Å². The van der Waals surface area contributed by atoms with Gasteiger partial charge in [0.05, 0.1) is 5.69 Å². The van der Waals surface area contributed by atoms with E-state index >= 15 is 0 Å². The van der Waals surface area contributed by atoms with Crippen LogP contribution >= 0.6 is 12.2 Å². The normalized spacial score (nSPS) is 10.2. The molecule has 0 bridgehead atoms. The SMILES string of the molecule is Cc1oc(=S)[nH]c1-c1ccccc1. The summed E-state index contributed by atoms with van der Waals surface area (Å²) in [4.78, 5) is 3.44. The average molecular weight is 191 g/mol. The van der Waals surface area contributed by atoms with Gasteiger partial charge in [-0.05, 0) is 19.1 Å². The molecule has 13 heavy (non-hydrogen) atoms. The molecule has 0 aliphatic rings. The molecule has 1 heterocycles. The van der Waals surface area contributed by atoms with Crippen molar-refractivity contribution in [2.45, 2.75) is 6.92 Å². The summed E-state index contributed by atoms with van der Waals surface area (Å²) in [7, 11) is 0. The summed E-state index contributed by atoms with van der Waals surface area (Å²) in [6.07, 6.45) is 0. The van der Waals surface area contributed by atoms with Crippen molar-refractivity contribution in [1.29, 1.82) is 0 Å². The van der Waals surface area contributed by atoms with E-state index < -0.39 is 0 Å². The second kappa shape index (κ2) is 3.18. The van der Waals surface area contributed by atoms with Crippen LogP contribution in [0.2, 0.25) is 0 Å². The van der Waals surface area contributed by atoms with Crippen LogP contribution in [0.4, 0.5) is 0 Å². The minimum absolute atomic E-state index is 0.427. The number of hydrogen-bond acceptors (Lipinski definition) is 2. The molecule has 0 spiro atoms. The van der Waals surface area contributed by atoms with Gasteiger partial charge in [0.2, 0.25) is 0 Å². The summed E-state index contributed by atoms with van der Waals surface area (Å²) in [6, 6.07) is 9.98. The van der Waals surface area contributed by atoms with E-state index in [0.29, 0.717) is 4.84 Å². The molecule has 2 rings (SSSR count). The van der Waals surface area contributed by atoms with Crippen molar-refractivity contribution in [3.8, 4) is 11.3 Å². The molecule has 1 aromatic carbocycles. The van der Waals surface area contributed by atoms with Gasteiger partial charge < -0.3 is 9.40 Å². The fraction of sp³-hybridized carbons (Fsp3) is 0.100. The van der Waals surface area contributed by atoms with Crippen LogP contribution in [0, 0.1) is 11.8 Å². The average Bonchev–Trinajstić information content (AvgIpc) is 2.47. The van der Waals surface area contributed by atoms with Crippen LogP contribution in [0.15, 0.2) is 34.7 Å². The third-order valence-electron chi connectivity index (χ3n) is 1.89. The lowest BCUT2D eigenvalue weighted by Crippen LogP contribution is -1.78. The van der Waals surface area contributed by atoms with Gasteiger partial charge in [-0.1, -0.05) is 30.3 Å². The van der Waals surface area contributed by atoms with Crippen molar-refractivity contribution in [2.75, 3.05) is 0 Å². The topological polar surface area (TPSA) is 28.9 Å². The zero-order valence-corrected chi connectivity index (χ0v) is 8.02. The standard InChI is InChI=1S/C10H9NOS/c1-7-9(11-10(13)12-7)8-5-3-2-4-6-8/h2-6H,1H3,(H,11,13). The zero-order valence-electron chi connectivity index (χ0n) is 7.20. The Morgan fingerprint density at radius 3 is 2.46 bits per heavy atom. The third-order valence-corrected chi connectivity index (χ3v) is 2.07. The van der Waals surface area contributed by atoms with Crippen LogP contribution in [-0.4, -0.2) is 4.98 Å². The largest absolute Gasteiger partial charge is 0.434 e. The fourth-order valence-corrected chi connectivity index (χ4v) is 1.51. The van der Waals surface area contributed by atoms with E-state index in [1.807, 2.05) is 37.3 Å². The quantitative estimate of drug-likeness (QED) is 0.700. The first-order valence-corrected chi connectivity index (χ1v) is 4.43. The molecular formula is C10H9NOS. The molecule has 0 saturated heterocycles. The van der Waals surface area contributed by atoms with E-state index in [9.17, 15) is 0 Å². The number of H-pyrrole nitrogens is 1. The number of nitrogens with one attached hydrogen (secondary N) is 1. The number of aryl methyl sites for hydroxylation is 1. The fourth-order valence-electron chi connectivity index (χ4n) is 1.29. The molecule has 2 aromatic rings. The van der Waals surface area contributed by atoms with Gasteiger partial charge in [0.1, 0.15) is 5.76 Å². The zero-order chi connectivity index (χ0) is 9.26. The lowest BCUT2D eigenvalue weighted by Gasteiger charge is -1.95. The molecule has 0 unspecified atom stereocenters. The molecule has 0 aliphatic heterocycles. The van der Waals surface area contributed by atoms with Crippen LogP contribution in [0.1, 0.15) is 5.76 Å². The Hall–Kier alpha value is -1.35. The third kappa shape index (κ3) is 1.55. The predicted octanol–water partition coefficient (Wildman–Crippen LogP) is 3.31. The minimum atomic E-state index is 0.427. The monoisotopic (exact) mass is 191 g/mol.